The van der Waals surface area contributed by atoms with Gasteiger partial charge in [-0.1, -0.05) is 23.8 Å². The third-order valence-electron chi connectivity index (χ3n) is 3.95. The van der Waals surface area contributed by atoms with Crippen molar-refractivity contribution in [3.8, 4) is 0 Å². The van der Waals surface area contributed by atoms with Crippen LogP contribution in [0.25, 0.3) is 0 Å². The van der Waals surface area contributed by atoms with Crippen LogP contribution in [-0.2, 0) is 0 Å². The molecule has 0 unspecified atom stereocenters. The molecule has 0 saturated heterocycles. The maximum atomic E-state index is 12.5. The highest BCUT2D eigenvalue weighted by Crippen LogP contribution is 2.30. The Morgan fingerprint density at radius 1 is 1.32 bits per heavy atom. The molecule has 19 heavy (non-hydrogen) atoms. The summed E-state index contributed by atoms with van der Waals surface area (Å²) in [4.78, 5) is 14.8. The first-order valence-electron chi connectivity index (χ1n) is 7.32. The molecular formula is C17H25NO. The molecule has 1 saturated carbocycles. The smallest absolute Gasteiger partial charge is 0.177 e. The van der Waals surface area contributed by atoms with Crippen LogP contribution in [0.15, 0.2) is 18.2 Å². The van der Waals surface area contributed by atoms with Crippen LogP contribution in [0.3, 0.4) is 0 Å². The number of ketones is 1. The van der Waals surface area contributed by atoms with Gasteiger partial charge in [0, 0.05) is 18.2 Å². The van der Waals surface area contributed by atoms with Gasteiger partial charge in [0.15, 0.2) is 5.78 Å². The highest BCUT2D eigenvalue weighted by atomic mass is 16.1. The number of nitrogens with zero attached hydrogens (tertiary/aromatic N) is 1. The second-order valence-electron chi connectivity index (χ2n) is 6.21. The van der Waals surface area contributed by atoms with Crippen LogP contribution >= 0.6 is 0 Å². The maximum Gasteiger partial charge on any atom is 0.177 e. The summed E-state index contributed by atoms with van der Waals surface area (Å²) in [7, 11) is 0. The van der Waals surface area contributed by atoms with Gasteiger partial charge in [-0.15, -0.1) is 0 Å². The Morgan fingerprint density at radius 3 is 2.53 bits per heavy atom. The number of rotatable bonds is 6. The first-order chi connectivity index (χ1) is 8.97. The first-order valence-corrected chi connectivity index (χ1v) is 7.32. The molecule has 1 aromatic rings. The normalized spacial score (nSPS) is 15.3. The molecule has 2 rings (SSSR count). The zero-order chi connectivity index (χ0) is 14.0. The van der Waals surface area contributed by atoms with E-state index in [0.717, 1.165) is 23.6 Å². The zero-order valence-electron chi connectivity index (χ0n) is 12.6. The van der Waals surface area contributed by atoms with Gasteiger partial charge < -0.3 is 0 Å². The van der Waals surface area contributed by atoms with Gasteiger partial charge >= 0.3 is 0 Å². The van der Waals surface area contributed by atoms with Crippen molar-refractivity contribution in [3.05, 3.63) is 34.9 Å². The SMILES string of the molecule is Cc1ccc(C(=O)CN(CC2CC2)C(C)C)c(C)c1. The fourth-order valence-corrected chi connectivity index (χ4v) is 2.49. The van der Waals surface area contributed by atoms with E-state index in [1.807, 2.05) is 19.1 Å². The van der Waals surface area contributed by atoms with E-state index < -0.39 is 0 Å². The van der Waals surface area contributed by atoms with Gasteiger partial charge in [0.05, 0.1) is 6.54 Å². The van der Waals surface area contributed by atoms with E-state index in [1.54, 1.807) is 0 Å². The summed E-state index contributed by atoms with van der Waals surface area (Å²) in [6.07, 6.45) is 2.67. The average Bonchev–Trinajstić information content (AvgIpc) is 3.11. The summed E-state index contributed by atoms with van der Waals surface area (Å²) >= 11 is 0. The lowest BCUT2D eigenvalue weighted by molar-refractivity contribution is 0.0900. The predicted octanol–water partition coefficient (Wildman–Crippen LogP) is 3.61. The number of Topliss-reactive ketones (excluding diaryl/α,β-unsaturated/α-hetero) is 1. The van der Waals surface area contributed by atoms with Crippen molar-refractivity contribution in [2.45, 2.75) is 46.6 Å². The van der Waals surface area contributed by atoms with Crippen LogP contribution in [0.1, 0.15) is 48.2 Å². The molecule has 0 atom stereocenters. The molecule has 0 radical (unpaired) electrons. The molecule has 1 aromatic carbocycles. The Balaban J connectivity index is 2.05. The fraction of sp³-hybridized carbons (Fsp3) is 0.588. The van der Waals surface area contributed by atoms with Gasteiger partial charge in [0.1, 0.15) is 0 Å². The standard InChI is InChI=1S/C17H25NO/c1-12(2)18(10-15-6-7-15)11-17(19)16-8-5-13(3)9-14(16)4/h5,8-9,12,15H,6-7,10-11H2,1-4H3. The van der Waals surface area contributed by atoms with Crippen molar-refractivity contribution < 1.29 is 4.79 Å². The van der Waals surface area contributed by atoms with E-state index in [1.165, 1.54) is 18.4 Å². The highest BCUT2D eigenvalue weighted by molar-refractivity contribution is 5.99. The Hall–Kier alpha value is -1.15. The van der Waals surface area contributed by atoms with E-state index >= 15 is 0 Å². The molecule has 0 aromatic heterocycles. The van der Waals surface area contributed by atoms with E-state index in [0.29, 0.717) is 12.6 Å². The minimum absolute atomic E-state index is 0.256. The summed E-state index contributed by atoms with van der Waals surface area (Å²) in [6, 6.07) is 6.53. The molecule has 1 aliphatic carbocycles. The number of benzene rings is 1. The van der Waals surface area contributed by atoms with Crippen LogP contribution in [0.5, 0.6) is 0 Å². The van der Waals surface area contributed by atoms with Crippen LogP contribution in [0, 0.1) is 19.8 Å². The lowest BCUT2D eigenvalue weighted by Crippen LogP contribution is -2.37. The van der Waals surface area contributed by atoms with Gasteiger partial charge in [-0.2, -0.15) is 0 Å². The second-order valence-corrected chi connectivity index (χ2v) is 6.21. The molecule has 104 valence electrons. The topological polar surface area (TPSA) is 20.3 Å². The third kappa shape index (κ3) is 3.90. The van der Waals surface area contributed by atoms with Crippen LogP contribution < -0.4 is 0 Å². The van der Waals surface area contributed by atoms with Gasteiger partial charge in [-0.3, -0.25) is 9.69 Å². The Kier molecular flexibility index (Phi) is 4.41. The molecule has 0 spiro atoms. The van der Waals surface area contributed by atoms with Crippen molar-refractivity contribution >= 4 is 5.78 Å². The largest absolute Gasteiger partial charge is 0.293 e. The predicted molar refractivity (Wildman–Crippen MR) is 79.7 cm³/mol. The van der Waals surface area contributed by atoms with Crippen LogP contribution in [-0.4, -0.2) is 29.8 Å². The fourth-order valence-electron chi connectivity index (χ4n) is 2.49. The molecule has 0 N–H and O–H groups in total. The van der Waals surface area contributed by atoms with E-state index in [-0.39, 0.29) is 5.78 Å². The van der Waals surface area contributed by atoms with Gasteiger partial charge in [0.25, 0.3) is 0 Å². The summed E-state index contributed by atoms with van der Waals surface area (Å²) in [5, 5.41) is 0. The molecule has 0 amide bonds. The quantitative estimate of drug-likeness (QED) is 0.727. The Bertz CT molecular complexity index is 460. The van der Waals surface area contributed by atoms with E-state index in [4.69, 9.17) is 0 Å². The molecule has 2 nitrogen and oxygen atoms in total. The van der Waals surface area contributed by atoms with Crippen molar-refractivity contribution in [2.24, 2.45) is 5.92 Å². The lowest BCUT2D eigenvalue weighted by Gasteiger charge is -2.26. The molecule has 1 aliphatic rings. The summed E-state index contributed by atoms with van der Waals surface area (Å²) in [6.45, 7) is 10.1. The summed E-state index contributed by atoms with van der Waals surface area (Å²) in [5.74, 6) is 1.08. The molecule has 0 bridgehead atoms. The maximum absolute atomic E-state index is 12.5. The molecule has 0 heterocycles. The minimum Gasteiger partial charge on any atom is -0.293 e. The molecule has 2 heteroatoms. The van der Waals surface area contributed by atoms with Gasteiger partial charge in [0.2, 0.25) is 0 Å². The van der Waals surface area contributed by atoms with Gasteiger partial charge in [-0.25, -0.2) is 0 Å². The number of aryl methyl sites for hydroxylation is 2. The zero-order valence-corrected chi connectivity index (χ0v) is 12.6. The number of hydrogen-bond donors (Lipinski definition) is 0. The molecular weight excluding hydrogens is 234 g/mol. The summed E-state index contributed by atoms with van der Waals surface area (Å²) in [5.41, 5.74) is 3.19. The van der Waals surface area contributed by atoms with Crippen LogP contribution in [0.2, 0.25) is 0 Å². The van der Waals surface area contributed by atoms with E-state index in [2.05, 4.69) is 31.7 Å². The van der Waals surface area contributed by atoms with Crippen molar-refractivity contribution in [1.29, 1.82) is 0 Å². The second kappa shape index (κ2) is 5.87. The monoisotopic (exact) mass is 259 g/mol. The van der Waals surface area contributed by atoms with Crippen molar-refractivity contribution in [3.63, 3.8) is 0 Å². The minimum atomic E-state index is 0.256. The Morgan fingerprint density at radius 2 is 2.00 bits per heavy atom. The number of hydrogen-bond acceptors (Lipinski definition) is 2. The Labute approximate surface area is 116 Å². The lowest BCUT2D eigenvalue weighted by atomic mass is 10.0. The summed E-state index contributed by atoms with van der Waals surface area (Å²) < 4.78 is 0. The average molecular weight is 259 g/mol. The van der Waals surface area contributed by atoms with Crippen molar-refractivity contribution in [2.75, 3.05) is 13.1 Å². The van der Waals surface area contributed by atoms with Crippen molar-refractivity contribution in [1.82, 2.24) is 4.90 Å². The number of carbonyl (C=O) groups excluding carboxylic acids is 1. The first kappa shape index (κ1) is 14.3. The van der Waals surface area contributed by atoms with E-state index in [9.17, 15) is 4.79 Å². The molecule has 1 fully saturated rings. The molecule has 0 aliphatic heterocycles. The highest BCUT2D eigenvalue weighted by Gasteiger charge is 2.26. The third-order valence-corrected chi connectivity index (χ3v) is 3.95. The number of carbonyl (C=O) groups is 1. The van der Waals surface area contributed by atoms with Crippen LogP contribution in [0.4, 0.5) is 0 Å². The van der Waals surface area contributed by atoms with Gasteiger partial charge in [-0.05, 0) is 52.0 Å².